The van der Waals surface area contributed by atoms with Crippen LogP contribution in [-0.4, -0.2) is 4.98 Å². The zero-order valence-electron chi connectivity index (χ0n) is 7.20. The lowest BCUT2D eigenvalue weighted by Crippen LogP contribution is -2.04. The molecule has 0 aliphatic heterocycles. The minimum absolute atomic E-state index is 0.386. The molecule has 0 saturated carbocycles. The van der Waals surface area contributed by atoms with E-state index in [2.05, 4.69) is 4.98 Å². The second-order valence-electron chi connectivity index (χ2n) is 2.92. The van der Waals surface area contributed by atoms with Gasteiger partial charge >= 0.3 is 0 Å². The molecule has 1 aromatic carbocycles. The molecule has 3 nitrogen and oxygen atoms in total. The Morgan fingerprint density at radius 1 is 1.23 bits per heavy atom. The molecule has 1 aromatic heterocycles. The first-order valence-corrected chi connectivity index (χ1v) is 4.15. The van der Waals surface area contributed by atoms with Crippen LogP contribution in [0.4, 0.5) is 5.69 Å². The van der Waals surface area contributed by atoms with Gasteiger partial charge in [0.25, 0.3) is 0 Å². The van der Waals surface area contributed by atoms with Crippen LogP contribution in [0.1, 0.15) is 5.69 Å². The Morgan fingerprint density at radius 2 is 2.00 bits per heavy atom. The molecule has 0 radical (unpaired) electrons. The normalized spacial score (nSPS) is 10.5. The molecule has 2 aromatic rings. The summed E-state index contributed by atoms with van der Waals surface area (Å²) in [4.78, 5) is 4.34. The molecule has 0 amide bonds. The zero-order chi connectivity index (χ0) is 9.26. The van der Waals surface area contributed by atoms with Crippen molar-refractivity contribution in [3.63, 3.8) is 0 Å². The van der Waals surface area contributed by atoms with Gasteiger partial charge in [0.2, 0.25) is 0 Å². The lowest BCUT2D eigenvalue weighted by molar-refractivity contribution is 1.01. The highest BCUT2D eigenvalue weighted by Gasteiger charge is 2.00. The maximum absolute atomic E-state index is 5.75. The van der Waals surface area contributed by atoms with Crippen LogP contribution < -0.4 is 11.5 Å². The number of aromatic nitrogens is 1. The van der Waals surface area contributed by atoms with E-state index in [9.17, 15) is 0 Å². The highest BCUT2D eigenvalue weighted by Crippen LogP contribution is 2.17. The van der Waals surface area contributed by atoms with Gasteiger partial charge in [-0.05, 0) is 12.1 Å². The summed E-state index contributed by atoms with van der Waals surface area (Å²) in [5.74, 6) is 0. The molecule has 0 aliphatic rings. The molecule has 0 saturated heterocycles. The molecule has 3 heteroatoms. The molecule has 4 N–H and O–H groups in total. The summed E-state index contributed by atoms with van der Waals surface area (Å²) in [7, 11) is 0. The Kier molecular flexibility index (Phi) is 1.87. The number of nitrogen functional groups attached to an aromatic ring is 1. The van der Waals surface area contributed by atoms with E-state index < -0.39 is 0 Å². The number of pyridine rings is 1. The first-order chi connectivity index (χ1) is 6.31. The maximum atomic E-state index is 5.75. The smallest absolute Gasteiger partial charge is 0.0775 e. The second kappa shape index (κ2) is 3.03. The number of hydrogen-bond acceptors (Lipinski definition) is 3. The minimum atomic E-state index is 0.386. The Balaban J connectivity index is 2.74. The number of anilines is 1. The number of nitrogens with two attached hydrogens (primary N) is 2. The minimum Gasteiger partial charge on any atom is -0.397 e. The molecule has 0 atom stereocenters. The molecule has 0 spiro atoms. The van der Waals surface area contributed by atoms with E-state index in [1.165, 1.54) is 0 Å². The van der Waals surface area contributed by atoms with Crippen molar-refractivity contribution in [2.75, 3.05) is 5.73 Å². The Labute approximate surface area is 76.4 Å². The van der Waals surface area contributed by atoms with Crippen LogP contribution in [0.3, 0.4) is 0 Å². The van der Waals surface area contributed by atoms with Crippen LogP contribution in [-0.2, 0) is 6.54 Å². The van der Waals surface area contributed by atoms with Gasteiger partial charge in [-0.25, -0.2) is 4.98 Å². The zero-order valence-corrected chi connectivity index (χ0v) is 7.20. The number of fused-ring (bicyclic) bond motifs is 1. The van der Waals surface area contributed by atoms with Crippen molar-refractivity contribution >= 4 is 16.6 Å². The van der Waals surface area contributed by atoms with Crippen LogP contribution in [0.25, 0.3) is 10.9 Å². The van der Waals surface area contributed by atoms with Gasteiger partial charge in [0.15, 0.2) is 0 Å². The summed E-state index contributed by atoms with van der Waals surface area (Å²) in [5.41, 5.74) is 13.6. The lowest BCUT2D eigenvalue weighted by atomic mass is 10.2. The van der Waals surface area contributed by atoms with Crippen LogP contribution in [0, 0.1) is 0 Å². The first kappa shape index (κ1) is 8.01. The third kappa shape index (κ3) is 1.34. The summed E-state index contributed by atoms with van der Waals surface area (Å²) in [6.45, 7) is 0.386. The molecule has 1 heterocycles. The molecule has 0 aliphatic carbocycles. The summed E-state index contributed by atoms with van der Waals surface area (Å²) < 4.78 is 0. The lowest BCUT2D eigenvalue weighted by Gasteiger charge is -2.03. The summed E-state index contributed by atoms with van der Waals surface area (Å²) in [6.07, 6.45) is 0. The fraction of sp³-hybridized carbons (Fsp3) is 0.100. The van der Waals surface area contributed by atoms with Crippen molar-refractivity contribution in [1.29, 1.82) is 0 Å². The largest absolute Gasteiger partial charge is 0.397 e. The highest BCUT2D eigenvalue weighted by molar-refractivity contribution is 5.82. The number of hydrogen-bond donors (Lipinski definition) is 2. The van der Waals surface area contributed by atoms with Crippen molar-refractivity contribution in [2.45, 2.75) is 6.54 Å². The third-order valence-electron chi connectivity index (χ3n) is 2.03. The average Bonchev–Trinajstić information content (AvgIpc) is 2.17. The van der Waals surface area contributed by atoms with E-state index >= 15 is 0 Å². The van der Waals surface area contributed by atoms with Crippen molar-refractivity contribution in [3.8, 4) is 0 Å². The average molecular weight is 173 g/mol. The Hall–Kier alpha value is -1.61. The van der Waals surface area contributed by atoms with E-state index in [0.29, 0.717) is 12.2 Å². The molecule has 13 heavy (non-hydrogen) atoms. The molecule has 0 unspecified atom stereocenters. The number of rotatable bonds is 1. The summed E-state index contributed by atoms with van der Waals surface area (Å²) >= 11 is 0. The monoisotopic (exact) mass is 173 g/mol. The second-order valence-corrected chi connectivity index (χ2v) is 2.92. The Morgan fingerprint density at radius 3 is 2.77 bits per heavy atom. The topological polar surface area (TPSA) is 64.9 Å². The van der Waals surface area contributed by atoms with Gasteiger partial charge in [-0.3, -0.25) is 0 Å². The molecule has 2 rings (SSSR count). The van der Waals surface area contributed by atoms with E-state index in [0.717, 1.165) is 16.6 Å². The van der Waals surface area contributed by atoms with Gasteiger partial charge in [0.1, 0.15) is 0 Å². The standard InChI is InChI=1S/C10H11N3/c11-6-10-8(12)5-7-3-1-2-4-9(7)13-10/h1-5H,6,11-12H2. The predicted octanol–water partition coefficient (Wildman–Crippen LogP) is 1.28. The van der Waals surface area contributed by atoms with E-state index in [1.807, 2.05) is 30.3 Å². The van der Waals surface area contributed by atoms with Gasteiger partial charge in [0.05, 0.1) is 16.9 Å². The van der Waals surface area contributed by atoms with Gasteiger partial charge < -0.3 is 11.5 Å². The number of benzene rings is 1. The maximum Gasteiger partial charge on any atom is 0.0775 e. The van der Waals surface area contributed by atoms with Gasteiger partial charge in [-0.2, -0.15) is 0 Å². The van der Waals surface area contributed by atoms with E-state index in [4.69, 9.17) is 11.5 Å². The molecule has 0 bridgehead atoms. The van der Waals surface area contributed by atoms with Crippen molar-refractivity contribution < 1.29 is 0 Å². The van der Waals surface area contributed by atoms with Crippen molar-refractivity contribution in [3.05, 3.63) is 36.0 Å². The fourth-order valence-corrected chi connectivity index (χ4v) is 1.34. The van der Waals surface area contributed by atoms with Crippen LogP contribution in [0.15, 0.2) is 30.3 Å². The quantitative estimate of drug-likeness (QED) is 0.682. The fourth-order valence-electron chi connectivity index (χ4n) is 1.34. The first-order valence-electron chi connectivity index (χ1n) is 4.15. The Bertz CT molecular complexity index is 437. The molecular formula is C10H11N3. The van der Waals surface area contributed by atoms with Gasteiger partial charge in [-0.1, -0.05) is 18.2 Å². The van der Waals surface area contributed by atoms with E-state index in [-0.39, 0.29) is 0 Å². The van der Waals surface area contributed by atoms with Crippen LogP contribution in [0.2, 0.25) is 0 Å². The third-order valence-corrected chi connectivity index (χ3v) is 2.03. The molecule has 66 valence electrons. The van der Waals surface area contributed by atoms with Crippen LogP contribution in [0.5, 0.6) is 0 Å². The summed E-state index contributed by atoms with van der Waals surface area (Å²) in [5, 5.41) is 1.05. The molecular weight excluding hydrogens is 162 g/mol. The molecule has 0 fully saturated rings. The highest BCUT2D eigenvalue weighted by atomic mass is 14.8. The van der Waals surface area contributed by atoms with Crippen molar-refractivity contribution in [2.24, 2.45) is 5.73 Å². The van der Waals surface area contributed by atoms with E-state index in [1.54, 1.807) is 0 Å². The number of nitrogens with zero attached hydrogens (tertiary/aromatic N) is 1. The van der Waals surface area contributed by atoms with Gasteiger partial charge in [-0.15, -0.1) is 0 Å². The van der Waals surface area contributed by atoms with Crippen molar-refractivity contribution in [1.82, 2.24) is 4.98 Å². The SMILES string of the molecule is NCc1nc2ccccc2cc1N. The summed E-state index contributed by atoms with van der Waals surface area (Å²) in [6, 6.07) is 9.76. The number of para-hydroxylation sites is 1. The van der Waals surface area contributed by atoms with Gasteiger partial charge in [0, 0.05) is 11.9 Å². The predicted molar refractivity (Wildman–Crippen MR) is 54.0 cm³/mol. The van der Waals surface area contributed by atoms with Crippen LogP contribution >= 0.6 is 0 Å².